The highest BCUT2D eigenvalue weighted by molar-refractivity contribution is 8.13. The van der Waals surface area contributed by atoms with Crippen LogP contribution in [0.4, 0.5) is 0 Å². The van der Waals surface area contributed by atoms with Gasteiger partial charge in [-0.2, -0.15) is 4.98 Å². The van der Waals surface area contributed by atoms with E-state index in [1.165, 1.54) is 0 Å². The van der Waals surface area contributed by atoms with Crippen LogP contribution in [0.5, 0.6) is 5.75 Å². The molecule has 6 nitrogen and oxygen atoms in total. The second-order valence-electron chi connectivity index (χ2n) is 3.29. The molecule has 0 aliphatic heterocycles. The first-order valence-corrected chi connectivity index (χ1v) is 7.76. The average molecular weight is 344 g/mol. The Morgan fingerprint density at radius 2 is 1.89 bits per heavy atom. The Hall–Kier alpha value is -1.02. The number of hydrogen-bond acceptors (Lipinski definition) is 6. The van der Waals surface area contributed by atoms with E-state index in [4.69, 9.17) is 38.6 Å². The minimum Gasteiger partial charge on any atom is -0.482 e. The predicted octanol–water partition coefficient (Wildman–Crippen LogP) is 2.88. The SMILES string of the molecule is O=S(=O)(Cl)c1cc(Cl)c(OCc2ncon2)c(Cl)c1. The van der Waals surface area contributed by atoms with Gasteiger partial charge >= 0.3 is 0 Å². The van der Waals surface area contributed by atoms with Crippen molar-refractivity contribution < 1.29 is 17.7 Å². The first-order valence-electron chi connectivity index (χ1n) is 4.69. The van der Waals surface area contributed by atoms with Crippen LogP contribution in [-0.4, -0.2) is 18.6 Å². The van der Waals surface area contributed by atoms with Crippen LogP contribution in [0, 0.1) is 0 Å². The standard InChI is InChI=1S/C9H5Cl3N2O4S/c10-6-1-5(19(12,15)16)2-7(11)9(6)17-3-8-13-4-18-14-8/h1-2,4H,3H2. The molecule has 0 radical (unpaired) electrons. The molecule has 0 bridgehead atoms. The fraction of sp³-hybridized carbons (Fsp3) is 0.111. The average Bonchev–Trinajstić information content (AvgIpc) is 2.79. The summed E-state index contributed by atoms with van der Waals surface area (Å²) in [4.78, 5) is 3.53. The summed E-state index contributed by atoms with van der Waals surface area (Å²) < 4.78 is 32.2. The van der Waals surface area contributed by atoms with Crippen LogP contribution < -0.4 is 4.74 Å². The molecule has 2 rings (SSSR count). The normalized spacial score (nSPS) is 11.5. The van der Waals surface area contributed by atoms with Crippen molar-refractivity contribution in [3.05, 3.63) is 34.4 Å². The summed E-state index contributed by atoms with van der Waals surface area (Å²) >= 11 is 11.8. The van der Waals surface area contributed by atoms with Crippen LogP contribution in [0.1, 0.15) is 5.82 Å². The van der Waals surface area contributed by atoms with E-state index in [0.717, 1.165) is 18.5 Å². The third-order valence-corrected chi connectivity index (χ3v) is 3.90. The lowest BCUT2D eigenvalue weighted by atomic mass is 10.3. The molecule has 0 unspecified atom stereocenters. The Balaban J connectivity index is 2.27. The van der Waals surface area contributed by atoms with Crippen molar-refractivity contribution >= 4 is 42.9 Å². The molecule has 0 saturated carbocycles. The zero-order chi connectivity index (χ0) is 14.0. The van der Waals surface area contributed by atoms with Gasteiger partial charge in [-0.25, -0.2) is 8.42 Å². The molecule has 0 atom stereocenters. The van der Waals surface area contributed by atoms with Crippen molar-refractivity contribution in [3.63, 3.8) is 0 Å². The number of aromatic nitrogens is 2. The van der Waals surface area contributed by atoms with Gasteiger partial charge in [0.1, 0.15) is 0 Å². The summed E-state index contributed by atoms with van der Waals surface area (Å²) in [6.45, 7) is -0.0249. The van der Waals surface area contributed by atoms with Gasteiger partial charge in [0.2, 0.25) is 12.2 Å². The van der Waals surface area contributed by atoms with Crippen molar-refractivity contribution in [2.45, 2.75) is 11.5 Å². The molecule has 0 N–H and O–H groups in total. The van der Waals surface area contributed by atoms with Crippen molar-refractivity contribution in [1.29, 1.82) is 0 Å². The van der Waals surface area contributed by atoms with Gasteiger partial charge in [0, 0.05) is 10.7 Å². The molecule has 0 fully saturated rings. The second kappa shape index (κ2) is 5.54. The molecular formula is C9H5Cl3N2O4S. The Labute approximate surface area is 122 Å². The maximum Gasteiger partial charge on any atom is 0.261 e. The molecule has 1 aromatic carbocycles. The van der Waals surface area contributed by atoms with Gasteiger partial charge in [-0.05, 0) is 12.1 Å². The van der Waals surface area contributed by atoms with Crippen LogP contribution in [0.3, 0.4) is 0 Å². The summed E-state index contributed by atoms with van der Waals surface area (Å²) in [6, 6.07) is 2.28. The van der Waals surface area contributed by atoms with Crippen LogP contribution in [-0.2, 0) is 15.7 Å². The fourth-order valence-corrected chi connectivity index (χ4v) is 2.72. The Morgan fingerprint density at radius 1 is 1.26 bits per heavy atom. The molecule has 0 aliphatic carbocycles. The fourth-order valence-electron chi connectivity index (χ4n) is 1.21. The molecule has 10 heteroatoms. The summed E-state index contributed by atoms with van der Waals surface area (Å²) in [7, 11) is 1.28. The Kier molecular flexibility index (Phi) is 4.19. The van der Waals surface area contributed by atoms with Crippen LogP contribution >= 0.6 is 33.9 Å². The minimum atomic E-state index is -3.91. The van der Waals surface area contributed by atoms with Crippen molar-refractivity contribution in [2.24, 2.45) is 0 Å². The van der Waals surface area contributed by atoms with Gasteiger partial charge < -0.3 is 9.26 Å². The van der Waals surface area contributed by atoms with Gasteiger partial charge in [-0.15, -0.1) is 0 Å². The maximum atomic E-state index is 11.2. The van der Waals surface area contributed by atoms with Crippen LogP contribution in [0.15, 0.2) is 27.9 Å². The van der Waals surface area contributed by atoms with Crippen molar-refractivity contribution in [2.75, 3.05) is 0 Å². The maximum absolute atomic E-state index is 11.2. The lowest BCUT2D eigenvalue weighted by Gasteiger charge is -2.09. The quantitative estimate of drug-likeness (QED) is 0.794. The lowest BCUT2D eigenvalue weighted by molar-refractivity contribution is 0.287. The van der Waals surface area contributed by atoms with E-state index >= 15 is 0 Å². The summed E-state index contributed by atoms with van der Waals surface area (Å²) in [5.41, 5.74) is 0. The third-order valence-electron chi connectivity index (χ3n) is 2.01. The number of rotatable bonds is 4. The van der Waals surface area contributed by atoms with Crippen LogP contribution in [0.25, 0.3) is 0 Å². The molecule has 1 aromatic heterocycles. The summed E-state index contributed by atoms with van der Waals surface area (Å²) in [5, 5.41) is 3.55. The Bertz CT molecular complexity index is 664. The van der Waals surface area contributed by atoms with E-state index in [9.17, 15) is 8.42 Å². The zero-order valence-electron chi connectivity index (χ0n) is 9.01. The first kappa shape index (κ1) is 14.4. The van der Waals surface area contributed by atoms with Crippen molar-refractivity contribution in [3.8, 4) is 5.75 Å². The van der Waals surface area contributed by atoms with E-state index in [-0.39, 0.29) is 27.3 Å². The number of nitrogens with zero attached hydrogens (tertiary/aromatic N) is 2. The highest BCUT2D eigenvalue weighted by atomic mass is 35.7. The van der Waals surface area contributed by atoms with Gasteiger partial charge in [0.25, 0.3) is 9.05 Å². The molecule has 19 heavy (non-hydrogen) atoms. The third kappa shape index (κ3) is 3.50. The van der Waals surface area contributed by atoms with E-state index in [0.29, 0.717) is 5.82 Å². The minimum absolute atomic E-state index is 0.00946. The number of halogens is 3. The number of benzene rings is 1. The highest BCUT2D eigenvalue weighted by Gasteiger charge is 2.17. The molecule has 102 valence electrons. The van der Waals surface area contributed by atoms with Gasteiger partial charge in [0.05, 0.1) is 14.9 Å². The molecule has 0 amide bonds. The Morgan fingerprint density at radius 3 is 2.37 bits per heavy atom. The molecule has 0 spiro atoms. The van der Waals surface area contributed by atoms with E-state index in [1.807, 2.05) is 0 Å². The zero-order valence-corrected chi connectivity index (χ0v) is 12.1. The van der Waals surface area contributed by atoms with Crippen LogP contribution in [0.2, 0.25) is 10.0 Å². The number of ether oxygens (including phenoxy) is 1. The van der Waals surface area contributed by atoms with E-state index in [2.05, 4.69) is 14.7 Å². The summed E-state index contributed by atoms with van der Waals surface area (Å²) in [6.07, 6.45) is 1.14. The van der Waals surface area contributed by atoms with E-state index < -0.39 is 9.05 Å². The van der Waals surface area contributed by atoms with E-state index in [1.54, 1.807) is 0 Å². The van der Waals surface area contributed by atoms with Crippen molar-refractivity contribution in [1.82, 2.24) is 10.1 Å². The predicted molar refractivity (Wildman–Crippen MR) is 68.1 cm³/mol. The van der Waals surface area contributed by atoms with Gasteiger partial charge in [-0.3, -0.25) is 0 Å². The number of hydrogen-bond donors (Lipinski definition) is 0. The smallest absolute Gasteiger partial charge is 0.261 e. The molecule has 1 heterocycles. The largest absolute Gasteiger partial charge is 0.482 e. The topological polar surface area (TPSA) is 82.3 Å². The summed E-state index contributed by atoms with van der Waals surface area (Å²) in [5.74, 6) is 0.401. The lowest BCUT2D eigenvalue weighted by Crippen LogP contribution is -2.00. The van der Waals surface area contributed by atoms with Gasteiger partial charge in [0.15, 0.2) is 12.4 Å². The van der Waals surface area contributed by atoms with Gasteiger partial charge in [-0.1, -0.05) is 28.4 Å². The molecule has 2 aromatic rings. The molecule has 0 saturated heterocycles. The molecule has 0 aliphatic rings. The first-order chi connectivity index (χ1) is 8.88. The monoisotopic (exact) mass is 342 g/mol. The molecular weight excluding hydrogens is 339 g/mol. The highest BCUT2D eigenvalue weighted by Crippen LogP contribution is 2.36. The second-order valence-corrected chi connectivity index (χ2v) is 6.67.